The number of anilines is 1. The van der Waals surface area contributed by atoms with E-state index in [1.165, 1.54) is 12.1 Å². The number of carbonyl (C=O) groups is 1. The molecule has 0 aliphatic rings. The van der Waals surface area contributed by atoms with Crippen molar-refractivity contribution in [2.75, 3.05) is 5.32 Å². The Morgan fingerprint density at radius 1 is 1.33 bits per heavy atom. The van der Waals surface area contributed by atoms with Gasteiger partial charge in [0.1, 0.15) is 11.5 Å². The fourth-order valence-corrected chi connectivity index (χ4v) is 1.88. The molecule has 2 aromatic rings. The standard InChI is InChI=1S/C13H10BrFN2O/c14-8-9-7-10(4-5-11(9)15)17-13(18)12-3-1-2-6-16-12/h1-7H,8H2,(H,17,18). The number of hydrogen-bond donors (Lipinski definition) is 1. The fourth-order valence-electron chi connectivity index (χ4n) is 1.45. The molecule has 1 aromatic heterocycles. The van der Waals surface area contributed by atoms with Crippen LogP contribution in [0.25, 0.3) is 0 Å². The highest BCUT2D eigenvalue weighted by Gasteiger charge is 2.08. The molecule has 1 heterocycles. The largest absolute Gasteiger partial charge is 0.321 e. The molecule has 3 nitrogen and oxygen atoms in total. The number of nitrogens with one attached hydrogen (secondary N) is 1. The summed E-state index contributed by atoms with van der Waals surface area (Å²) < 4.78 is 13.3. The van der Waals surface area contributed by atoms with Crippen molar-refractivity contribution in [2.24, 2.45) is 0 Å². The molecule has 0 saturated heterocycles. The van der Waals surface area contributed by atoms with Crippen LogP contribution >= 0.6 is 15.9 Å². The monoisotopic (exact) mass is 308 g/mol. The van der Waals surface area contributed by atoms with E-state index in [1.807, 2.05) is 0 Å². The van der Waals surface area contributed by atoms with Crippen LogP contribution in [0, 0.1) is 5.82 Å². The van der Waals surface area contributed by atoms with E-state index in [-0.39, 0.29) is 11.7 Å². The summed E-state index contributed by atoms with van der Waals surface area (Å²) in [6, 6.07) is 9.51. The third-order valence-corrected chi connectivity index (χ3v) is 2.95. The lowest BCUT2D eigenvalue weighted by atomic mass is 10.2. The maximum absolute atomic E-state index is 13.3. The molecular weight excluding hydrogens is 299 g/mol. The Kier molecular flexibility index (Phi) is 4.04. The Morgan fingerprint density at radius 3 is 2.83 bits per heavy atom. The summed E-state index contributed by atoms with van der Waals surface area (Å²) in [6.07, 6.45) is 1.55. The zero-order chi connectivity index (χ0) is 13.0. The molecule has 1 aromatic carbocycles. The van der Waals surface area contributed by atoms with Gasteiger partial charge in [0, 0.05) is 22.8 Å². The van der Waals surface area contributed by atoms with E-state index >= 15 is 0 Å². The van der Waals surface area contributed by atoms with Crippen molar-refractivity contribution in [3.8, 4) is 0 Å². The Bertz CT molecular complexity index is 560. The molecule has 0 fully saturated rings. The highest BCUT2D eigenvalue weighted by Crippen LogP contribution is 2.17. The normalized spacial score (nSPS) is 10.1. The van der Waals surface area contributed by atoms with Crippen LogP contribution in [-0.4, -0.2) is 10.9 Å². The van der Waals surface area contributed by atoms with E-state index in [9.17, 15) is 9.18 Å². The van der Waals surface area contributed by atoms with E-state index < -0.39 is 0 Å². The van der Waals surface area contributed by atoms with E-state index in [0.29, 0.717) is 22.3 Å². The first-order valence-corrected chi connectivity index (χ1v) is 6.39. The number of benzene rings is 1. The van der Waals surface area contributed by atoms with Gasteiger partial charge in [0.25, 0.3) is 5.91 Å². The van der Waals surface area contributed by atoms with Gasteiger partial charge < -0.3 is 5.32 Å². The summed E-state index contributed by atoms with van der Waals surface area (Å²) in [5.41, 5.74) is 1.36. The number of pyridine rings is 1. The summed E-state index contributed by atoms with van der Waals surface area (Å²) in [5, 5.41) is 3.07. The van der Waals surface area contributed by atoms with Crippen LogP contribution in [0.4, 0.5) is 10.1 Å². The number of nitrogens with zero attached hydrogens (tertiary/aromatic N) is 1. The average Bonchev–Trinajstić information content (AvgIpc) is 2.42. The third kappa shape index (κ3) is 2.92. The van der Waals surface area contributed by atoms with Crippen molar-refractivity contribution in [3.05, 3.63) is 59.7 Å². The summed E-state index contributed by atoms with van der Waals surface area (Å²) in [6.45, 7) is 0. The quantitative estimate of drug-likeness (QED) is 0.883. The second kappa shape index (κ2) is 5.73. The number of aromatic nitrogens is 1. The molecule has 0 saturated carbocycles. The van der Waals surface area contributed by atoms with Gasteiger partial charge in [-0.15, -0.1) is 0 Å². The van der Waals surface area contributed by atoms with E-state index in [1.54, 1.807) is 30.5 Å². The smallest absolute Gasteiger partial charge is 0.274 e. The molecule has 0 unspecified atom stereocenters. The molecule has 18 heavy (non-hydrogen) atoms. The van der Waals surface area contributed by atoms with Crippen molar-refractivity contribution in [1.82, 2.24) is 4.98 Å². The van der Waals surface area contributed by atoms with Gasteiger partial charge in [-0.1, -0.05) is 22.0 Å². The van der Waals surface area contributed by atoms with Crippen LogP contribution in [0.5, 0.6) is 0 Å². The first kappa shape index (κ1) is 12.7. The minimum atomic E-state index is -0.317. The van der Waals surface area contributed by atoms with Gasteiger partial charge in [-0.2, -0.15) is 0 Å². The molecule has 0 bridgehead atoms. The minimum absolute atomic E-state index is 0.303. The van der Waals surface area contributed by atoms with Crippen LogP contribution in [0.2, 0.25) is 0 Å². The molecule has 0 aliphatic heterocycles. The Hall–Kier alpha value is -1.75. The summed E-state index contributed by atoms with van der Waals surface area (Å²) in [4.78, 5) is 15.8. The van der Waals surface area contributed by atoms with Gasteiger partial charge in [-0.3, -0.25) is 9.78 Å². The number of alkyl halides is 1. The first-order valence-electron chi connectivity index (χ1n) is 5.27. The van der Waals surface area contributed by atoms with Gasteiger partial charge in [0.05, 0.1) is 0 Å². The second-order valence-corrected chi connectivity index (χ2v) is 4.17. The van der Waals surface area contributed by atoms with E-state index in [2.05, 4.69) is 26.2 Å². The summed E-state index contributed by atoms with van der Waals surface area (Å²) in [7, 11) is 0. The topological polar surface area (TPSA) is 42.0 Å². The average molecular weight is 309 g/mol. The highest BCUT2D eigenvalue weighted by atomic mass is 79.9. The molecule has 1 amide bonds. The predicted molar refractivity (Wildman–Crippen MR) is 71.2 cm³/mol. The lowest BCUT2D eigenvalue weighted by Crippen LogP contribution is -2.13. The SMILES string of the molecule is O=C(Nc1ccc(F)c(CBr)c1)c1ccccn1. The van der Waals surface area contributed by atoms with Gasteiger partial charge in [-0.25, -0.2) is 4.39 Å². The molecule has 0 aliphatic carbocycles. The molecule has 5 heteroatoms. The Labute approximate surface area is 112 Å². The lowest BCUT2D eigenvalue weighted by molar-refractivity contribution is 0.102. The van der Waals surface area contributed by atoms with Gasteiger partial charge in [-0.05, 0) is 30.3 Å². The summed E-state index contributed by atoms with van der Waals surface area (Å²) in [5.74, 6) is -0.620. The van der Waals surface area contributed by atoms with Crippen molar-refractivity contribution in [3.63, 3.8) is 0 Å². The van der Waals surface area contributed by atoms with E-state index in [0.717, 1.165) is 0 Å². The number of carbonyl (C=O) groups excluding carboxylic acids is 1. The number of amides is 1. The van der Waals surface area contributed by atoms with Crippen LogP contribution < -0.4 is 5.32 Å². The van der Waals surface area contributed by atoms with E-state index in [4.69, 9.17) is 0 Å². The first-order chi connectivity index (χ1) is 8.70. The van der Waals surface area contributed by atoms with Gasteiger partial charge in [0.2, 0.25) is 0 Å². The van der Waals surface area contributed by atoms with Crippen LogP contribution in [0.15, 0.2) is 42.6 Å². The maximum atomic E-state index is 13.3. The molecule has 0 radical (unpaired) electrons. The number of rotatable bonds is 3. The minimum Gasteiger partial charge on any atom is -0.321 e. The predicted octanol–water partition coefficient (Wildman–Crippen LogP) is 3.37. The third-order valence-electron chi connectivity index (χ3n) is 2.35. The van der Waals surface area contributed by atoms with Crippen LogP contribution in [-0.2, 0) is 5.33 Å². The van der Waals surface area contributed by atoms with Crippen molar-refractivity contribution >= 4 is 27.5 Å². The number of halogens is 2. The Morgan fingerprint density at radius 2 is 2.17 bits per heavy atom. The maximum Gasteiger partial charge on any atom is 0.274 e. The molecule has 2 rings (SSSR count). The van der Waals surface area contributed by atoms with Crippen molar-refractivity contribution in [2.45, 2.75) is 5.33 Å². The molecular formula is C13H10BrFN2O. The van der Waals surface area contributed by atoms with Crippen LogP contribution in [0.1, 0.15) is 16.1 Å². The van der Waals surface area contributed by atoms with Gasteiger partial charge in [0.15, 0.2) is 0 Å². The van der Waals surface area contributed by atoms with Crippen molar-refractivity contribution in [1.29, 1.82) is 0 Å². The molecule has 1 N–H and O–H groups in total. The molecule has 92 valence electrons. The second-order valence-electron chi connectivity index (χ2n) is 3.61. The molecule has 0 atom stereocenters. The Balaban J connectivity index is 2.17. The lowest BCUT2D eigenvalue weighted by Gasteiger charge is -2.06. The van der Waals surface area contributed by atoms with Gasteiger partial charge >= 0.3 is 0 Å². The fraction of sp³-hybridized carbons (Fsp3) is 0.0769. The summed E-state index contributed by atoms with van der Waals surface area (Å²) >= 11 is 3.19. The zero-order valence-electron chi connectivity index (χ0n) is 9.36. The van der Waals surface area contributed by atoms with Crippen molar-refractivity contribution < 1.29 is 9.18 Å². The zero-order valence-corrected chi connectivity index (χ0v) is 10.9. The highest BCUT2D eigenvalue weighted by molar-refractivity contribution is 9.08. The number of hydrogen-bond acceptors (Lipinski definition) is 2. The van der Waals surface area contributed by atoms with Crippen LogP contribution in [0.3, 0.4) is 0 Å². The molecule has 0 spiro atoms.